The van der Waals surface area contributed by atoms with Crippen LogP contribution in [0.25, 0.3) is 0 Å². The van der Waals surface area contributed by atoms with Crippen LogP contribution >= 0.6 is 11.3 Å². The van der Waals surface area contributed by atoms with Crippen molar-refractivity contribution >= 4 is 17.2 Å². The number of rotatable bonds is 10. The fourth-order valence-electron chi connectivity index (χ4n) is 2.91. The van der Waals surface area contributed by atoms with E-state index in [9.17, 15) is 4.79 Å². The Kier molecular flexibility index (Phi) is 8.05. The van der Waals surface area contributed by atoms with E-state index in [0.29, 0.717) is 26.2 Å². The molecule has 2 N–H and O–H groups in total. The maximum atomic E-state index is 12.6. The number of aliphatic hydroxyl groups excluding tert-OH is 1. The Hall–Kier alpha value is -2.19. The number of benzene rings is 1. The van der Waals surface area contributed by atoms with E-state index >= 15 is 0 Å². The van der Waals surface area contributed by atoms with E-state index in [1.807, 2.05) is 41.8 Å². The first-order chi connectivity index (χ1) is 13.8. The van der Waals surface area contributed by atoms with Crippen LogP contribution in [0.5, 0.6) is 0 Å². The van der Waals surface area contributed by atoms with Gasteiger partial charge in [0, 0.05) is 18.9 Å². The lowest BCUT2D eigenvalue weighted by molar-refractivity contribution is -0.151. The predicted molar refractivity (Wildman–Crippen MR) is 107 cm³/mol. The average Bonchev–Trinajstić information content (AvgIpc) is 3.27. The molecule has 1 amide bonds. The fourth-order valence-corrected chi connectivity index (χ4v) is 3.63. The molecule has 2 atom stereocenters. The molecule has 2 heterocycles. The highest BCUT2D eigenvalue weighted by atomic mass is 32.1. The van der Waals surface area contributed by atoms with Gasteiger partial charge in [0.1, 0.15) is 0 Å². The van der Waals surface area contributed by atoms with E-state index in [2.05, 4.69) is 16.8 Å². The lowest BCUT2D eigenvalue weighted by Crippen LogP contribution is -2.33. The summed E-state index contributed by atoms with van der Waals surface area (Å²) in [5.41, 5.74) is 2.17. The van der Waals surface area contributed by atoms with Crippen molar-refractivity contribution in [1.82, 2.24) is 5.32 Å². The number of thiophene rings is 1. The van der Waals surface area contributed by atoms with Gasteiger partial charge in [0.25, 0.3) is 5.91 Å². The molecular weight excluding hydrogens is 378 g/mol. The number of amides is 1. The molecule has 6 nitrogen and oxygen atoms in total. The first-order valence-electron chi connectivity index (χ1n) is 9.29. The second-order valence-electron chi connectivity index (χ2n) is 6.35. The summed E-state index contributed by atoms with van der Waals surface area (Å²) in [5, 5.41) is 15.7. The molecule has 2 unspecified atom stereocenters. The van der Waals surface area contributed by atoms with Crippen molar-refractivity contribution in [3.63, 3.8) is 0 Å². The van der Waals surface area contributed by atoms with Crippen LogP contribution in [0.2, 0.25) is 0 Å². The molecule has 1 aliphatic rings. The van der Waals surface area contributed by atoms with Gasteiger partial charge in [-0.2, -0.15) is 11.3 Å². The number of hydrogen-bond donors (Lipinski definition) is 2. The summed E-state index contributed by atoms with van der Waals surface area (Å²) in [6, 6.07) is 11.8. The summed E-state index contributed by atoms with van der Waals surface area (Å²) in [4.78, 5) is 12.6. The van der Waals surface area contributed by atoms with Gasteiger partial charge in [-0.1, -0.05) is 30.3 Å². The lowest BCUT2D eigenvalue weighted by atomic mass is 9.95. The van der Waals surface area contributed by atoms with Crippen molar-refractivity contribution < 1.29 is 24.1 Å². The molecule has 0 spiro atoms. The van der Waals surface area contributed by atoms with Gasteiger partial charge in [-0.3, -0.25) is 4.79 Å². The standard InChI is InChI=1S/C21H25NO5S/c23-7-8-25-9-10-26-20-13-18(17-6-11-28-15-17)12-19(27-20)21(24)22-14-16-4-2-1-3-5-16/h1-6,11-12,15,18,20,23H,7-10,13-14H2,(H,22,24). The van der Waals surface area contributed by atoms with E-state index in [1.54, 1.807) is 11.3 Å². The second-order valence-corrected chi connectivity index (χ2v) is 7.13. The number of carbonyl (C=O) groups excluding carboxylic acids is 1. The minimum atomic E-state index is -0.523. The summed E-state index contributed by atoms with van der Waals surface area (Å²) >= 11 is 1.62. The maximum Gasteiger partial charge on any atom is 0.286 e. The van der Waals surface area contributed by atoms with Crippen molar-refractivity contribution in [2.45, 2.75) is 25.2 Å². The van der Waals surface area contributed by atoms with Crippen molar-refractivity contribution in [2.75, 3.05) is 26.4 Å². The van der Waals surface area contributed by atoms with Crippen LogP contribution in [0.3, 0.4) is 0 Å². The van der Waals surface area contributed by atoms with Gasteiger partial charge in [0.15, 0.2) is 5.76 Å². The molecule has 0 aliphatic carbocycles. The summed E-state index contributed by atoms with van der Waals surface area (Å²) in [6.07, 6.45) is 1.97. The normalized spacial score (nSPS) is 19.0. The van der Waals surface area contributed by atoms with Crippen LogP contribution < -0.4 is 5.32 Å². The molecule has 150 valence electrons. The molecular formula is C21H25NO5S. The molecule has 28 heavy (non-hydrogen) atoms. The Morgan fingerprint density at radius 1 is 1.21 bits per heavy atom. The van der Waals surface area contributed by atoms with Crippen molar-refractivity contribution in [3.05, 3.63) is 70.1 Å². The van der Waals surface area contributed by atoms with E-state index in [-0.39, 0.29) is 30.8 Å². The molecule has 1 aliphatic heterocycles. The zero-order valence-corrected chi connectivity index (χ0v) is 16.4. The molecule has 0 fully saturated rings. The van der Waals surface area contributed by atoms with Gasteiger partial charge >= 0.3 is 0 Å². The molecule has 1 aromatic heterocycles. The van der Waals surface area contributed by atoms with Crippen LogP contribution in [-0.4, -0.2) is 43.7 Å². The monoisotopic (exact) mass is 403 g/mol. The second kappa shape index (κ2) is 11.0. The molecule has 7 heteroatoms. The minimum absolute atomic E-state index is 0.0192. The van der Waals surface area contributed by atoms with Crippen molar-refractivity contribution in [3.8, 4) is 0 Å². The molecule has 0 bridgehead atoms. The number of aliphatic hydroxyl groups is 1. The molecule has 2 aromatic rings. The highest BCUT2D eigenvalue weighted by molar-refractivity contribution is 7.08. The van der Waals surface area contributed by atoms with E-state index < -0.39 is 6.29 Å². The number of carbonyl (C=O) groups is 1. The third kappa shape index (κ3) is 6.17. The van der Waals surface area contributed by atoms with E-state index in [1.165, 1.54) is 0 Å². The zero-order valence-electron chi connectivity index (χ0n) is 15.6. The zero-order chi connectivity index (χ0) is 19.6. The smallest absolute Gasteiger partial charge is 0.286 e. The maximum absolute atomic E-state index is 12.6. The van der Waals surface area contributed by atoms with Crippen LogP contribution in [-0.2, 0) is 25.5 Å². The molecule has 3 rings (SSSR count). The molecule has 0 radical (unpaired) electrons. The number of ether oxygens (including phenoxy) is 3. The highest BCUT2D eigenvalue weighted by Gasteiger charge is 2.28. The average molecular weight is 404 g/mol. The molecule has 0 saturated carbocycles. The largest absolute Gasteiger partial charge is 0.459 e. The molecule has 1 aromatic carbocycles. The lowest BCUT2D eigenvalue weighted by Gasteiger charge is -2.29. The summed E-state index contributed by atoms with van der Waals surface area (Å²) < 4.78 is 16.8. The third-order valence-electron chi connectivity index (χ3n) is 4.32. The first kappa shape index (κ1) is 20.5. The van der Waals surface area contributed by atoms with E-state index in [0.717, 1.165) is 11.1 Å². The Balaban J connectivity index is 1.60. The SMILES string of the molecule is O=C(NCc1ccccc1)C1=CC(c2ccsc2)CC(OCCOCCO)O1. The summed E-state index contributed by atoms with van der Waals surface area (Å²) in [7, 11) is 0. The fraction of sp³-hybridized carbons (Fsp3) is 0.381. The Morgan fingerprint density at radius 3 is 2.82 bits per heavy atom. The minimum Gasteiger partial charge on any atom is -0.459 e. The van der Waals surface area contributed by atoms with Crippen molar-refractivity contribution in [1.29, 1.82) is 0 Å². The van der Waals surface area contributed by atoms with Crippen molar-refractivity contribution in [2.24, 2.45) is 0 Å². The number of hydrogen-bond acceptors (Lipinski definition) is 6. The topological polar surface area (TPSA) is 77.0 Å². The Labute approximate surface area is 168 Å². The molecule has 0 saturated heterocycles. The Bertz CT molecular complexity index is 747. The number of nitrogens with one attached hydrogen (secondary N) is 1. The predicted octanol–water partition coefficient (Wildman–Crippen LogP) is 2.80. The quantitative estimate of drug-likeness (QED) is 0.597. The van der Waals surface area contributed by atoms with Gasteiger partial charge in [-0.25, -0.2) is 0 Å². The first-order valence-corrected chi connectivity index (χ1v) is 10.2. The highest BCUT2D eigenvalue weighted by Crippen LogP contribution is 2.32. The summed E-state index contributed by atoms with van der Waals surface area (Å²) in [5.74, 6) is 0.0782. The van der Waals surface area contributed by atoms with Crippen LogP contribution in [0.1, 0.15) is 23.5 Å². The van der Waals surface area contributed by atoms with Crippen LogP contribution in [0.4, 0.5) is 0 Å². The van der Waals surface area contributed by atoms with Gasteiger partial charge in [-0.05, 0) is 34.0 Å². The van der Waals surface area contributed by atoms with E-state index in [4.69, 9.17) is 19.3 Å². The number of allylic oxidation sites excluding steroid dienone is 1. The third-order valence-corrected chi connectivity index (χ3v) is 5.02. The Morgan fingerprint density at radius 2 is 2.07 bits per heavy atom. The van der Waals surface area contributed by atoms with Gasteiger partial charge in [0.05, 0.1) is 26.4 Å². The van der Waals surface area contributed by atoms with Gasteiger partial charge < -0.3 is 24.6 Å². The van der Waals surface area contributed by atoms with Gasteiger partial charge in [0.2, 0.25) is 6.29 Å². The van der Waals surface area contributed by atoms with Crippen LogP contribution in [0, 0.1) is 0 Å². The van der Waals surface area contributed by atoms with Gasteiger partial charge in [-0.15, -0.1) is 0 Å². The summed E-state index contributed by atoms with van der Waals surface area (Å²) in [6.45, 7) is 1.39. The van der Waals surface area contributed by atoms with Crippen LogP contribution in [0.15, 0.2) is 59.0 Å².